The van der Waals surface area contributed by atoms with E-state index < -0.39 is 15.6 Å². The Hall–Kier alpha value is -0.800. The van der Waals surface area contributed by atoms with E-state index in [2.05, 4.69) is 13.5 Å². The molecule has 0 aliphatic carbocycles. The van der Waals surface area contributed by atoms with Crippen LogP contribution in [0.2, 0.25) is 0 Å². The first-order valence-electron chi connectivity index (χ1n) is 5.29. The van der Waals surface area contributed by atoms with Gasteiger partial charge in [0.2, 0.25) is 10.0 Å². The Bertz CT molecular complexity index is 663. The molecule has 19 heavy (non-hydrogen) atoms. The fourth-order valence-corrected chi connectivity index (χ4v) is 3.34. The van der Waals surface area contributed by atoms with Gasteiger partial charge in [-0.2, -0.15) is 8.75 Å². The molecule has 0 radical (unpaired) electrons. The van der Waals surface area contributed by atoms with Gasteiger partial charge in [0, 0.05) is 12.1 Å². The summed E-state index contributed by atoms with van der Waals surface area (Å²) in [7, 11) is -3.62. The van der Waals surface area contributed by atoms with E-state index >= 15 is 0 Å². The largest absolute Gasteiger partial charge is 0.324 e. The van der Waals surface area contributed by atoms with Crippen molar-refractivity contribution in [1.29, 1.82) is 0 Å². The third-order valence-corrected chi connectivity index (χ3v) is 4.23. The van der Waals surface area contributed by atoms with Crippen molar-refractivity contribution in [2.24, 2.45) is 5.73 Å². The number of halogens is 1. The number of nitrogens with one attached hydrogen (secondary N) is 1. The van der Waals surface area contributed by atoms with Crippen LogP contribution in [0, 0.1) is 0 Å². The summed E-state index contributed by atoms with van der Waals surface area (Å²) in [5.74, 6) is 0. The Labute approximate surface area is 122 Å². The second-order valence-electron chi connectivity index (χ2n) is 4.70. The molecule has 1 heterocycles. The Morgan fingerprint density at radius 1 is 1.37 bits per heavy atom. The smallest absolute Gasteiger partial charge is 0.242 e. The van der Waals surface area contributed by atoms with Crippen LogP contribution in [0.4, 0.5) is 0 Å². The van der Waals surface area contributed by atoms with Crippen molar-refractivity contribution in [3.8, 4) is 0 Å². The van der Waals surface area contributed by atoms with E-state index in [-0.39, 0.29) is 23.8 Å². The quantitative estimate of drug-likeness (QED) is 0.879. The molecule has 1 aromatic carbocycles. The zero-order valence-electron chi connectivity index (χ0n) is 10.5. The minimum atomic E-state index is -3.62. The van der Waals surface area contributed by atoms with Crippen molar-refractivity contribution in [1.82, 2.24) is 13.5 Å². The number of rotatable bonds is 4. The molecule has 106 valence electrons. The fraction of sp³-hybridized carbons (Fsp3) is 0.400. The van der Waals surface area contributed by atoms with Gasteiger partial charge in [-0.05, 0) is 26.0 Å². The first-order chi connectivity index (χ1) is 8.30. The molecule has 2 rings (SSSR count). The van der Waals surface area contributed by atoms with Gasteiger partial charge < -0.3 is 5.73 Å². The first kappa shape index (κ1) is 16.3. The van der Waals surface area contributed by atoms with Gasteiger partial charge in [0.25, 0.3) is 0 Å². The molecule has 0 saturated heterocycles. The molecule has 2 aromatic rings. The van der Waals surface area contributed by atoms with Crippen LogP contribution in [0.5, 0.6) is 0 Å². The molecule has 0 unspecified atom stereocenters. The SMILES string of the molecule is CC(C)(N)CNS(=O)(=O)c1cccc2nsnc12.Cl. The second kappa shape index (κ2) is 5.68. The van der Waals surface area contributed by atoms with Gasteiger partial charge in [-0.15, -0.1) is 12.4 Å². The highest BCUT2D eigenvalue weighted by atomic mass is 35.5. The molecule has 0 atom stereocenters. The lowest BCUT2D eigenvalue weighted by molar-refractivity contribution is 0.498. The number of fused-ring (bicyclic) bond motifs is 1. The van der Waals surface area contributed by atoms with Crippen LogP contribution in [0.1, 0.15) is 13.8 Å². The normalized spacial score (nSPS) is 12.4. The van der Waals surface area contributed by atoms with Gasteiger partial charge >= 0.3 is 0 Å². The number of hydrogen-bond donors (Lipinski definition) is 2. The highest BCUT2D eigenvalue weighted by Gasteiger charge is 2.22. The Balaban J connectivity index is 0.00000180. The van der Waals surface area contributed by atoms with Crippen LogP contribution in [0.3, 0.4) is 0 Å². The molecule has 0 spiro atoms. The topological polar surface area (TPSA) is 98.0 Å². The third kappa shape index (κ3) is 3.83. The summed E-state index contributed by atoms with van der Waals surface area (Å²) in [6.07, 6.45) is 0. The molecule has 6 nitrogen and oxygen atoms in total. The summed E-state index contributed by atoms with van der Waals surface area (Å²) in [4.78, 5) is 0.137. The number of sulfonamides is 1. The third-order valence-electron chi connectivity index (χ3n) is 2.26. The Kier molecular flexibility index (Phi) is 4.86. The van der Waals surface area contributed by atoms with Crippen molar-refractivity contribution in [3.63, 3.8) is 0 Å². The lowest BCUT2D eigenvalue weighted by atomic mass is 10.1. The van der Waals surface area contributed by atoms with Gasteiger partial charge in [0.15, 0.2) is 0 Å². The molecule has 0 fully saturated rings. The highest BCUT2D eigenvalue weighted by molar-refractivity contribution is 7.89. The fourth-order valence-electron chi connectivity index (χ4n) is 1.36. The molecular formula is C10H15ClN4O2S2. The van der Waals surface area contributed by atoms with Crippen molar-refractivity contribution < 1.29 is 8.42 Å². The molecule has 0 saturated carbocycles. The van der Waals surface area contributed by atoms with E-state index in [9.17, 15) is 8.42 Å². The molecule has 0 amide bonds. The highest BCUT2D eigenvalue weighted by Crippen LogP contribution is 2.20. The molecule has 3 N–H and O–H groups in total. The molecule has 0 aliphatic heterocycles. The van der Waals surface area contributed by atoms with E-state index in [1.807, 2.05) is 0 Å². The van der Waals surface area contributed by atoms with Crippen LogP contribution in [0.25, 0.3) is 11.0 Å². The van der Waals surface area contributed by atoms with E-state index in [4.69, 9.17) is 5.73 Å². The number of benzene rings is 1. The average Bonchev–Trinajstić information content (AvgIpc) is 2.73. The molecule has 0 bridgehead atoms. The zero-order valence-corrected chi connectivity index (χ0v) is 12.9. The maximum Gasteiger partial charge on any atom is 0.242 e. The standard InChI is InChI=1S/C10H14N4O2S2.ClH/c1-10(2,11)6-12-18(15,16)8-5-3-4-7-9(8)14-17-13-7;/h3-5,12H,6,11H2,1-2H3;1H. The van der Waals surface area contributed by atoms with Gasteiger partial charge in [-0.3, -0.25) is 0 Å². The van der Waals surface area contributed by atoms with Crippen molar-refractivity contribution in [2.45, 2.75) is 24.3 Å². The summed E-state index contributed by atoms with van der Waals surface area (Å²) in [5.41, 5.74) is 6.12. The second-order valence-corrected chi connectivity index (χ2v) is 6.97. The van der Waals surface area contributed by atoms with Crippen molar-refractivity contribution in [2.75, 3.05) is 6.54 Å². The van der Waals surface area contributed by atoms with Crippen LogP contribution in [-0.2, 0) is 10.0 Å². The monoisotopic (exact) mass is 322 g/mol. The van der Waals surface area contributed by atoms with Gasteiger partial charge in [-0.1, -0.05) is 6.07 Å². The summed E-state index contributed by atoms with van der Waals surface area (Å²) in [6, 6.07) is 4.88. The summed E-state index contributed by atoms with van der Waals surface area (Å²) >= 11 is 0.990. The average molecular weight is 323 g/mol. The van der Waals surface area contributed by atoms with Gasteiger partial charge in [0.1, 0.15) is 15.9 Å². The summed E-state index contributed by atoms with van der Waals surface area (Å²) < 4.78 is 34.8. The first-order valence-corrected chi connectivity index (χ1v) is 7.51. The minimum Gasteiger partial charge on any atom is -0.324 e. The van der Waals surface area contributed by atoms with Crippen LogP contribution in [0.15, 0.2) is 23.1 Å². The van der Waals surface area contributed by atoms with Crippen molar-refractivity contribution >= 4 is 45.2 Å². The van der Waals surface area contributed by atoms with Gasteiger partial charge in [-0.25, -0.2) is 13.1 Å². The summed E-state index contributed by atoms with van der Waals surface area (Å²) in [5, 5.41) is 0. The number of nitrogens with zero attached hydrogens (tertiary/aromatic N) is 2. The minimum absolute atomic E-state index is 0. The zero-order chi connectivity index (χ0) is 13.4. The predicted molar refractivity (Wildman–Crippen MR) is 78.1 cm³/mol. The summed E-state index contributed by atoms with van der Waals surface area (Å²) in [6.45, 7) is 3.66. The lowest BCUT2D eigenvalue weighted by Gasteiger charge is -2.18. The molecular weight excluding hydrogens is 308 g/mol. The van der Waals surface area contributed by atoms with E-state index in [0.29, 0.717) is 11.0 Å². The molecule has 0 aliphatic rings. The number of nitrogens with two attached hydrogens (primary N) is 1. The van der Waals surface area contributed by atoms with Crippen LogP contribution < -0.4 is 10.5 Å². The van der Waals surface area contributed by atoms with E-state index in [1.54, 1.807) is 26.0 Å². The van der Waals surface area contributed by atoms with E-state index in [1.165, 1.54) is 6.07 Å². The van der Waals surface area contributed by atoms with Gasteiger partial charge in [0.05, 0.1) is 11.7 Å². The lowest BCUT2D eigenvalue weighted by Crippen LogP contribution is -2.45. The molecule has 1 aromatic heterocycles. The van der Waals surface area contributed by atoms with E-state index in [0.717, 1.165) is 11.7 Å². The van der Waals surface area contributed by atoms with Crippen LogP contribution >= 0.6 is 24.1 Å². The Morgan fingerprint density at radius 2 is 2.05 bits per heavy atom. The molecule has 9 heteroatoms. The maximum absolute atomic E-state index is 12.2. The number of hydrogen-bond acceptors (Lipinski definition) is 6. The van der Waals surface area contributed by atoms with Crippen LogP contribution in [-0.4, -0.2) is 29.2 Å². The maximum atomic E-state index is 12.2. The van der Waals surface area contributed by atoms with Crippen molar-refractivity contribution in [3.05, 3.63) is 18.2 Å². The Morgan fingerprint density at radius 3 is 2.68 bits per heavy atom. The predicted octanol–water partition coefficient (Wildman–Crippen LogP) is 1.13. The number of aromatic nitrogens is 2.